The Morgan fingerprint density at radius 1 is 1.30 bits per heavy atom. The maximum Gasteiger partial charge on any atom is 0.320 e. The molecule has 3 rings (SSSR count). The fourth-order valence-corrected chi connectivity index (χ4v) is 3.65. The van der Waals surface area contributed by atoms with Gasteiger partial charge in [-0.2, -0.15) is 0 Å². The SMILES string of the molecule is CCCN[C@@H](CC[C@@H](N)C(=O)O)C[C@H]1O[C@@H](n2cnc3c(N)ncnc32)[C@H](O)[C@@H]1O. The summed E-state index contributed by atoms with van der Waals surface area (Å²) in [5, 5.41) is 33.5. The molecule has 0 aliphatic carbocycles. The number of aliphatic hydroxyl groups is 2. The number of aliphatic hydroxyl groups excluding tert-OH is 2. The largest absolute Gasteiger partial charge is 0.480 e. The van der Waals surface area contributed by atoms with Crippen molar-refractivity contribution in [3.63, 3.8) is 0 Å². The Labute approximate surface area is 173 Å². The van der Waals surface area contributed by atoms with E-state index in [2.05, 4.69) is 20.3 Å². The van der Waals surface area contributed by atoms with Crippen LogP contribution in [-0.4, -0.2) is 77.7 Å². The number of ether oxygens (including phenoxy) is 1. The lowest BCUT2D eigenvalue weighted by molar-refractivity contribution is -0.138. The summed E-state index contributed by atoms with van der Waals surface area (Å²) in [6.45, 7) is 2.75. The molecule has 1 fully saturated rings. The molecule has 2 aromatic rings. The maximum absolute atomic E-state index is 11.0. The lowest BCUT2D eigenvalue weighted by Gasteiger charge is -2.24. The summed E-state index contributed by atoms with van der Waals surface area (Å²) in [5.74, 6) is -0.841. The number of carboxylic acid groups (broad SMARTS) is 1. The molecule has 30 heavy (non-hydrogen) atoms. The third-order valence-corrected chi connectivity index (χ3v) is 5.34. The molecule has 166 valence electrons. The Morgan fingerprint density at radius 3 is 2.77 bits per heavy atom. The first-order chi connectivity index (χ1) is 14.3. The highest BCUT2D eigenvalue weighted by Crippen LogP contribution is 2.34. The molecule has 3 heterocycles. The number of nitrogens with two attached hydrogens (primary N) is 2. The van der Waals surface area contributed by atoms with Crippen molar-refractivity contribution < 1.29 is 24.9 Å². The smallest absolute Gasteiger partial charge is 0.320 e. The molecule has 0 bridgehead atoms. The minimum atomic E-state index is -1.20. The molecule has 12 nitrogen and oxygen atoms in total. The predicted octanol–water partition coefficient (Wildman–Crippen LogP) is -1.02. The normalized spacial score (nSPS) is 26.1. The molecule has 0 saturated carbocycles. The summed E-state index contributed by atoms with van der Waals surface area (Å²) in [6.07, 6.45) is 0.899. The summed E-state index contributed by atoms with van der Waals surface area (Å²) < 4.78 is 7.50. The molecule has 1 saturated heterocycles. The molecule has 0 spiro atoms. The number of aromatic nitrogens is 4. The topological polar surface area (TPSA) is 195 Å². The van der Waals surface area contributed by atoms with Crippen LogP contribution >= 0.6 is 0 Å². The number of aliphatic carboxylic acids is 1. The lowest BCUT2D eigenvalue weighted by atomic mass is 9.97. The van der Waals surface area contributed by atoms with Crippen LogP contribution in [0.25, 0.3) is 11.2 Å². The summed E-state index contributed by atoms with van der Waals surface area (Å²) in [5.41, 5.74) is 12.2. The van der Waals surface area contributed by atoms with E-state index in [0.29, 0.717) is 24.0 Å². The highest BCUT2D eigenvalue weighted by atomic mass is 16.6. The van der Waals surface area contributed by atoms with E-state index >= 15 is 0 Å². The molecule has 0 radical (unpaired) electrons. The van der Waals surface area contributed by atoms with Gasteiger partial charge in [0.1, 0.15) is 30.1 Å². The molecule has 8 N–H and O–H groups in total. The average molecular weight is 423 g/mol. The van der Waals surface area contributed by atoms with Crippen molar-refractivity contribution in [2.75, 3.05) is 12.3 Å². The van der Waals surface area contributed by atoms with Crippen molar-refractivity contribution in [1.82, 2.24) is 24.8 Å². The van der Waals surface area contributed by atoms with Crippen molar-refractivity contribution in [3.05, 3.63) is 12.7 Å². The number of hydrogen-bond acceptors (Lipinski definition) is 10. The molecule has 1 aliphatic heterocycles. The summed E-state index contributed by atoms with van der Waals surface area (Å²) >= 11 is 0. The fraction of sp³-hybridized carbons (Fsp3) is 0.667. The Kier molecular flexibility index (Phi) is 7.15. The zero-order chi connectivity index (χ0) is 21.8. The van der Waals surface area contributed by atoms with E-state index in [4.69, 9.17) is 21.3 Å². The van der Waals surface area contributed by atoms with Crippen LogP contribution in [0.5, 0.6) is 0 Å². The second-order valence-corrected chi connectivity index (χ2v) is 7.54. The number of hydrogen-bond donors (Lipinski definition) is 6. The van der Waals surface area contributed by atoms with Crippen LogP contribution in [0.3, 0.4) is 0 Å². The number of carboxylic acids is 1. The number of carbonyl (C=O) groups is 1. The summed E-state index contributed by atoms with van der Waals surface area (Å²) in [7, 11) is 0. The summed E-state index contributed by atoms with van der Waals surface area (Å²) in [6, 6.07) is -1.08. The first-order valence-corrected chi connectivity index (χ1v) is 9.99. The Hall–Kier alpha value is -2.38. The van der Waals surface area contributed by atoms with Gasteiger partial charge in [-0.05, 0) is 32.2 Å². The molecule has 0 unspecified atom stereocenters. The molecule has 12 heteroatoms. The van der Waals surface area contributed by atoms with Gasteiger partial charge in [-0.15, -0.1) is 0 Å². The van der Waals surface area contributed by atoms with Gasteiger partial charge < -0.3 is 36.8 Å². The van der Waals surface area contributed by atoms with Crippen molar-refractivity contribution in [3.8, 4) is 0 Å². The van der Waals surface area contributed by atoms with Crippen LogP contribution in [0.15, 0.2) is 12.7 Å². The quantitative estimate of drug-likeness (QED) is 0.274. The van der Waals surface area contributed by atoms with Gasteiger partial charge in [0, 0.05) is 6.04 Å². The first kappa shape index (κ1) is 22.3. The van der Waals surface area contributed by atoms with Gasteiger partial charge in [-0.3, -0.25) is 9.36 Å². The monoisotopic (exact) mass is 423 g/mol. The van der Waals surface area contributed by atoms with Gasteiger partial charge in [-0.1, -0.05) is 6.92 Å². The van der Waals surface area contributed by atoms with Crippen LogP contribution < -0.4 is 16.8 Å². The minimum absolute atomic E-state index is 0.126. The Balaban J connectivity index is 1.72. The molecule has 2 aromatic heterocycles. The number of fused-ring (bicyclic) bond motifs is 1. The zero-order valence-electron chi connectivity index (χ0n) is 16.8. The van der Waals surface area contributed by atoms with E-state index in [1.54, 1.807) is 0 Å². The third-order valence-electron chi connectivity index (χ3n) is 5.34. The standard InChI is InChI=1S/C18H29N7O5/c1-2-5-21-9(3-4-10(19)18(28)29)6-11-13(26)14(27)17(30-11)25-8-24-12-15(20)22-7-23-16(12)25/h7-11,13-14,17,21,26-27H,2-6,19H2,1H3,(H,28,29)(H2,20,22,23)/t9-,10+,11+,13+,14+,17+/m0/s1. The van der Waals surface area contributed by atoms with Gasteiger partial charge >= 0.3 is 5.97 Å². The lowest BCUT2D eigenvalue weighted by Crippen LogP contribution is -2.40. The molecule has 1 aliphatic rings. The number of rotatable bonds is 10. The number of nitrogens with one attached hydrogen (secondary N) is 1. The van der Waals surface area contributed by atoms with E-state index < -0.39 is 36.6 Å². The molecular formula is C18H29N7O5. The first-order valence-electron chi connectivity index (χ1n) is 9.99. The van der Waals surface area contributed by atoms with E-state index in [0.717, 1.165) is 13.0 Å². The number of nitrogens with zero attached hydrogens (tertiary/aromatic N) is 4. The van der Waals surface area contributed by atoms with Crippen LogP contribution in [-0.2, 0) is 9.53 Å². The number of imidazole rings is 1. The van der Waals surface area contributed by atoms with E-state index in [1.165, 1.54) is 17.2 Å². The van der Waals surface area contributed by atoms with E-state index in [1.807, 2.05) is 6.92 Å². The van der Waals surface area contributed by atoms with Crippen LogP contribution in [0, 0.1) is 0 Å². The van der Waals surface area contributed by atoms with Gasteiger partial charge in [0.05, 0.1) is 12.4 Å². The molecule has 6 atom stereocenters. The van der Waals surface area contributed by atoms with Crippen molar-refractivity contribution in [2.24, 2.45) is 5.73 Å². The van der Waals surface area contributed by atoms with Crippen molar-refractivity contribution in [2.45, 2.75) is 69.2 Å². The van der Waals surface area contributed by atoms with E-state index in [-0.39, 0.29) is 18.3 Å². The van der Waals surface area contributed by atoms with Crippen LogP contribution in [0.1, 0.15) is 38.8 Å². The average Bonchev–Trinajstić information content (AvgIpc) is 3.26. The second kappa shape index (κ2) is 9.62. The number of nitrogen functional groups attached to an aromatic ring is 1. The van der Waals surface area contributed by atoms with E-state index in [9.17, 15) is 15.0 Å². The zero-order valence-corrected chi connectivity index (χ0v) is 16.8. The highest BCUT2D eigenvalue weighted by molar-refractivity contribution is 5.81. The Morgan fingerprint density at radius 2 is 2.07 bits per heavy atom. The van der Waals surface area contributed by atoms with Gasteiger partial charge in [-0.25, -0.2) is 15.0 Å². The van der Waals surface area contributed by atoms with Crippen LogP contribution in [0.2, 0.25) is 0 Å². The van der Waals surface area contributed by atoms with Gasteiger partial charge in [0.25, 0.3) is 0 Å². The van der Waals surface area contributed by atoms with Gasteiger partial charge in [0.2, 0.25) is 0 Å². The molecular weight excluding hydrogens is 394 g/mol. The van der Waals surface area contributed by atoms with Crippen molar-refractivity contribution >= 4 is 23.0 Å². The predicted molar refractivity (Wildman–Crippen MR) is 107 cm³/mol. The summed E-state index contributed by atoms with van der Waals surface area (Å²) in [4.78, 5) is 23.2. The fourth-order valence-electron chi connectivity index (χ4n) is 3.65. The van der Waals surface area contributed by atoms with Crippen molar-refractivity contribution in [1.29, 1.82) is 0 Å². The highest BCUT2D eigenvalue weighted by Gasteiger charge is 2.45. The Bertz CT molecular complexity index is 863. The maximum atomic E-state index is 11.0. The second-order valence-electron chi connectivity index (χ2n) is 7.54. The molecule has 0 aromatic carbocycles. The molecule has 0 amide bonds. The number of anilines is 1. The minimum Gasteiger partial charge on any atom is -0.480 e. The van der Waals surface area contributed by atoms with Crippen LogP contribution in [0.4, 0.5) is 5.82 Å². The van der Waals surface area contributed by atoms with Gasteiger partial charge in [0.15, 0.2) is 17.7 Å². The third kappa shape index (κ3) is 4.68.